The second-order valence-electron chi connectivity index (χ2n) is 10.4. The van der Waals surface area contributed by atoms with E-state index in [9.17, 15) is 5.11 Å². The Morgan fingerprint density at radius 3 is 1.47 bits per heavy atom. The summed E-state index contributed by atoms with van der Waals surface area (Å²) < 4.78 is 0. The molecule has 0 aromatic heterocycles. The number of hydrogen-bond donors (Lipinski definition) is 2. The van der Waals surface area contributed by atoms with E-state index in [1.165, 1.54) is 54.4 Å². The van der Waals surface area contributed by atoms with Crippen LogP contribution in [-0.2, 0) is 12.0 Å². The Bertz CT molecular complexity index is 1060. The van der Waals surface area contributed by atoms with Crippen LogP contribution in [0.25, 0.3) is 0 Å². The molecule has 0 saturated heterocycles. The van der Waals surface area contributed by atoms with Gasteiger partial charge in [-0.1, -0.05) is 167 Å². The molecule has 0 spiro atoms. The molecule has 4 aromatic carbocycles. The molecule has 0 aliphatic rings. The van der Waals surface area contributed by atoms with Gasteiger partial charge in [-0.15, -0.1) is 0 Å². The van der Waals surface area contributed by atoms with Crippen LogP contribution >= 0.6 is 0 Å². The lowest BCUT2D eigenvalue weighted by molar-refractivity contribution is 0.104. The van der Waals surface area contributed by atoms with Crippen molar-refractivity contribution < 1.29 is 5.11 Å². The highest BCUT2D eigenvalue weighted by Crippen LogP contribution is 2.38. The molecule has 2 atom stereocenters. The van der Waals surface area contributed by atoms with E-state index in [1.807, 2.05) is 0 Å². The molecule has 38 heavy (non-hydrogen) atoms. The van der Waals surface area contributed by atoms with Crippen LogP contribution in [0.5, 0.6) is 0 Å². The first-order valence-corrected chi connectivity index (χ1v) is 14.4. The van der Waals surface area contributed by atoms with Gasteiger partial charge in [0.1, 0.15) is 0 Å². The van der Waals surface area contributed by atoms with Crippen molar-refractivity contribution in [1.29, 1.82) is 0 Å². The largest absolute Gasteiger partial charge is 0.391 e. The van der Waals surface area contributed by atoms with Crippen LogP contribution in [0.4, 0.5) is 0 Å². The van der Waals surface area contributed by atoms with Gasteiger partial charge in [0.25, 0.3) is 0 Å². The van der Waals surface area contributed by atoms with Gasteiger partial charge < -0.3 is 5.11 Å². The van der Waals surface area contributed by atoms with E-state index in [-0.39, 0.29) is 6.04 Å². The van der Waals surface area contributed by atoms with Crippen molar-refractivity contribution >= 4 is 0 Å². The molecular formula is C36H43NO. The topological polar surface area (TPSA) is 32.3 Å². The number of hydrogen-bond acceptors (Lipinski definition) is 2. The van der Waals surface area contributed by atoms with Crippen molar-refractivity contribution in [2.45, 2.75) is 76.0 Å². The summed E-state index contributed by atoms with van der Waals surface area (Å²) in [5, 5.41) is 15.8. The predicted molar refractivity (Wildman–Crippen MR) is 160 cm³/mol. The summed E-state index contributed by atoms with van der Waals surface area (Å²) in [4.78, 5) is 0. The fourth-order valence-corrected chi connectivity index (χ4v) is 5.58. The van der Waals surface area contributed by atoms with Gasteiger partial charge in [-0.25, -0.2) is 0 Å². The predicted octanol–water partition coefficient (Wildman–Crippen LogP) is 8.29. The lowest BCUT2D eigenvalue weighted by atomic mass is 9.75. The maximum atomic E-state index is 11.7. The summed E-state index contributed by atoms with van der Waals surface area (Å²) in [5.74, 6) is 0. The number of aliphatic hydroxyl groups excluding tert-OH is 1. The van der Waals surface area contributed by atoms with Crippen molar-refractivity contribution in [3.8, 4) is 0 Å². The molecule has 0 fully saturated rings. The summed E-state index contributed by atoms with van der Waals surface area (Å²) in [6, 6.07) is 42.5. The van der Waals surface area contributed by atoms with E-state index in [2.05, 4.69) is 134 Å². The molecule has 2 heteroatoms. The molecule has 198 valence electrons. The van der Waals surface area contributed by atoms with E-state index >= 15 is 0 Å². The van der Waals surface area contributed by atoms with Gasteiger partial charge in [0.05, 0.1) is 11.6 Å². The van der Waals surface area contributed by atoms with E-state index < -0.39 is 11.6 Å². The molecule has 0 bridgehead atoms. The van der Waals surface area contributed by atoms with Gasteiger partial charge in [-0.2, -0.15) is 0 Å². The first-order valence-electron chi connectivity index (χ1n) is 14.4. The maximum absolute atomic E-state index is 11.7. The average molecular weight is 506 g/mol. The van der Waals surface area contributed by atoms with Crippen molar-refractivity contribution in [1.82, 2.24) is 5.32 Å². The summed E-state index contributed by atoms with van der Waals surface area (Å²) in [6.07, 6.45) is 8.41. The normalized spacial score (nSPS) is 13.2. The summed E-state index contributed by atoms with van der Waals surface area (Å²) in [6.45, 7) is 2.25. The molecule has 0 aliphatic heterocycles. The summed E-state index contributed by atoms with van der Waals surface area (Å²) in [7, 11) is 0. The third-order valence-electron chi connectivity index (χ3n) is 7.64. The van der Waals surface area contributed by atoms with Crippen molar-refractivity contribution in [3.05, 3.63) is 144 Å². The van der Waals surface area contributed by atoms with Crippen molar-refractivity contribution in [3.63, 3.8) is 0 Å². The fourth-order valence-electron chi connectivity index (χ4n) is 5.58. The molecule has 0 heterocycles. The Balaban J connectivity index is 1.73. The van der Waals surface area contributed by atoms with E-state index in [0.717, 1.165) is 19.3 Å². The SMILES string of the molecule is CCCCCCCCC(O)[C@H](Cc1ccccc1)NC(c1ccccc1)(c1ccccc1)c1ccccc1. The molecule has 0 saturated carbocycles. The minimum atomic E-state index is -0.606. The summed E-state index contributed by atoms with van der Waals surface area (Å²) in [5.41, 5.74) is 4.13. The smallest absolute Gasteiger partial charge is 0.0951 e. The summed E-state index contributed by atoms with van der Waals surface area (Å²) >= 11 is 0. The molecule has 0 aliphatic carbocycles. The maximum Gasteiger partial charge on any atom is 0.0951 e. The third-order valence-corrected chi connectivity index (χ3v) is 7.64. The fraction of sp³-hybridized carbons (Fsp3) is 0.333. The number of unbranched alkanes of at least 4 members (excludes halogenated alkanes) is 5. The van der Waals surface area contributed by atoms with Crippen LogP contribution in [0.1, 0.15) is 74.1 Å². The van der Waals surface area contributed by atoms with Crippen molar-refractivity contribution in [2.75, 3.05) is 0 Å². The van der Waals surface area contributed by atoms with E-state index in [4.69, 9.17) is 0 Å². The number of nitrogens with one attached hydrogen (secondary N) is 1. The minimum absolute atomic E-state index is 0.131. The number of rotatable bonds is 15. The van der Waals surface area contributed by atoms with Crippen LogP contribution in [0.15, 0.2) is 121 Å². The molecule has 2 N–H and O–H groups in total. The van der Waals surface area contributed by atoms with Crippen molar-refractivity contribution in [2.24, 2.45) is 0 Å². The first kappa shape index (κ1) is 27.8. The van der Waals surface area contributed by atoms with Crippen LogP contribution in [0.3, 0.4) is 0 Å². The van der Waals surface area contributed by atoms with Crippen LogP contribution in [0.2, 0.25) is 0 Å². The number of aliphatic hydroxyl groups is 1. The van der Waals surface area contributed by atoms with Gasteiger partial charge in [-0.05, 0) is 35.1 Å². The van der Waals surface area contributed by atoms with Gasteiger partial charge in [0.15, 0.2) is 0 Å². The molecule has 4 aromatic rings. The monoisotopic (exact) mass is 505 g/mol. The molecule has 1 unspecified atom stereocenters. The highest BCUT2D eigenvalue weighted by Gasteiger charge is 2.39. The quantitative estimate of drug-likeness (QED) is 0.126. The van der Waals surface area contributed by atoms with Crippen LogP contribution in [-0.4, -0.2) is 17.3 Å². The lowest BCUT2D eigenvalue weighted by Crippen LogP contribution is -2.54. The van der Waals surface area contributed by atoms with Gasteiger partial charge in [0.2, 0.25) is 0 Å². The van der Waals surface area contributed by atoms with Crippen LogP contribution in [0, 0.1) is 0 Å². The lowest BCUT2D eigenvalue weighted by Gasteiger charge is -2.41. The Hall–Kier alpha value is -3.20. The highest BCUT2D eigenvalue weighted by atomic mass is 16.3. The van der Waals surface area contributed by atoms with Gasteiger partial charge in [0, 0.05) is 6.04 Å². The Morgan fingerprint density at radius 1 is 0.579 bits per heavy atom. The standard InChI is InChI=1S/C36H43NO/c1-2-3-4-5-6-19-28-35(38)34(29-30-20-11-7-12-21-30)37-36(31-22-13-8-14-23-31,32-24-15-9-16-25-32)33-26-17-10-18-27-33/h7-18,20-27,34-35,37-38H,2-6,19,28-29H2,1H3/t34-,35?/m0/s1. The second kappa shape index (κ2) is 14.7. The van der Waals surface area contributed by atoms with Gasteiger partial charge >= 0.3 is 0 Å². The molecule has 0 radical (unpaired) electrons. The minimum Gasteiger partial charge on any atom is -0.391 e. The zero-order valence-corrected chi connectivity index (χ0v) is 22.8. The van der Waals surface area contributed by atoms with E-state index in [1.54, 1.807) is 0 Å². The molecular weight excluding hydrogens is 462 g/mol. The first-order chi connectivity index (χ1) is 18.7. The third kappa shape index (κ3) is 7.22. The molecule has 4 rings (SSSR count). The number of benzene rings is 4. The average Bonchev–Trinajstić information content (AvgIpc) is 2.99. The molecule has 2 nitrogen and oxygen atoms in total. The Labute approximate surface area is 229 Å². The Kier molecular flexibility index (Phi) is 10.7. The molecule has 0 amide bonds. The van der Waals surface area contributed by atoms with Gasteiger partial charge in [-0.3, -0.25) is 5.32 Å². The zero-order chi connectivity index (χ0) is 26.5. The van der Waals surface area contributed by atoms with E-state index in [0.29, 0.717) is 0 Å². The second-order valence-corrected chi connectivity index (χ2v) is 10.4. The van der Waals surface area contributed by atoms with Crippen LogP contribution < -0.4 is 5.32 Å². The zero-order valence-electron chi connectivity index (χ0n) is 22.8. The highest BCUT2D eigenvalue weighted by molar-refractivity contribution is 5.49. The Morgan fingerprint density at radius 2 is 1.00 bits per heavy atom.